The molecule has 118 valence electrons. The molecule has 2 rings (SSSR count). The monoisotopic (exact) mass is 291 g/mol. The van der Waals surface area contributed by atoms with E-state index in [4.69, 9.17) is 4.74 Å². The largest absolute Gasteiger partial charge is 0.381 e. The molecule has 1 saturated heterocycles. The Hall–Kier alpha value is -0.970. The van der Waals surface area contributed by atoms with Gasteiger partial charge < -0.3 is 15.0 Å². The van der Waals surface area contributed by atoms with E-state index in [0.717, 1.165) is 32.8 Å². The van der Waals surface area contributed by atoms with E-state index in [-0.39, 0.29) is 5.41 Å². The third-order valence-corrected chi connectivity index (χ3v) is 4.07. The van der Waals surface area contributed by atoms with E-state index in [1.807, 2.05) is 18.5 Å². The van der Waals surface area contributed by atoms with Crippen LogP contribution in [-0.2, 0) is 11.3 Å². The SMILES string of the molecule is CC(C)NCC1(CN(C)Cc2cccnc2)CCCOC1. The zero-order valence-corrected chi connectivity index (χ0v) is 13.6. The second-order valence-corrected chi connectivity index (χ2v) is 6.73. The molecule has 1 aliphatic heterocycles. The quantitative estimate of drug-likeness (QED) is 0.836. The maximum Gasteiger partial charge on any atom is 0.0546 e. The van der Waals surface area contributed by atoms with Crippen LogP contribution in [0.4, 0.5) is 0 Å². The molecule has 0 saturated carbocycles. The molecule has 1 atom stereocenters. The van der Waals surface area contributed by atoms with Gasteiger partial charge in [0, 0.05) is 50.1 Å². The van der Waals surface area contributed by atoms with E-state index in [9.17, 15) is 0 Å². The molecule has 1 aliphatic rings. The van der Waals surface area contributed by atoms with Gasteiger partial charge >= 0.3 is 0 Å². The summed E-state index contributed by atoms with van der Waals surface area (Å²) in [6, 6.07) is 4.66. The fraction of sp³-hybridized carbons (Fsp3) is 0.706. The second-order valence-electron chi connectivity index (χ2n) is 6.73. The van der Waals surface area contributed by atoms with Crippen molar-refractivity contribution in [1.82, 2.24) is 15.2 Å². The molecule has 0 amide bonds. The molecular weight excluding hydrogens is 262 g/mol. The Labute approximate surface area is 128 Å². The zero-order chi connectivity index (χ0) is 15.1. The molecule has 4 nitrogen and oxygen atoms in total. The number of hydrogen-bond acceptors (Lipinski definition) is 4. The summed E-state index contributed by atoms with van der Waals surface area (Å²) >= 11 is 0. The Balaban J connectivity index is 1.93. The number of rotatable bonds is 7. The predicted molar refractivity (Wildman–Crippen MR) is 86.2 cm³/mol. The van der Waals surface area contributed by atoms with Gasteiger partial charge in [-0.3, -0.25) is 4.98 Å². The van der Waals surface area contributed by atoms with Gasteiger partial charge in [-0.1, -0.05) is 19.9 Å². The van der Waals surface area contributed by atoms with Crippen LogP contribution in [-0.4, -0.2) is 49.3 Å². The lowest BCUT2D eigenvalue weighted by Crippen LogP contribution is -2.49. The predicted octanol–water partition coefficient (Wildman–Crippen LogP) is 2.31. The van der Waals surface area contributed by atoms with Crippen LogP contribution < -0.4 is 5.32 Å². The van der Waals surface area contributed by atoms with Crippen LogP contribution in [0, 0.1) is 5.41 Å². The molecule has 0 aliphatic carbocycles. The van der Waals surface area contributed by atoms with Gasteiger partial charge in [-0.05, 0) is 31.5 Å². The van der Waals surface area contributed by atoms with Gasteiger partial charge in [0.1, 0.15) is 0 Å². The van der Waals surface area contributed by atoms with E-state index in [0.29, 0.717) is 6.04 Å². The molecule has 1 fully saturated rings. The summed E-state index contributed by atoms with van der Waals surface area (Å²) < 4.78 is 5.79. The highest BCUT2D eigenvalue weighted by atomic mass is 16.5. The summed E-state index contributed by atoms with van der Waals surface area (Å²) in [5.41, 5.74) is 1.50. The van der Waals surface area contributed by atoms with E-state index >= 15 is 0 Å². The van der Waals surface area contributed by atoms with Crippen molar-refractivity contribution in [2.75, 3.05) is 33.4 Å². The van der Waals surface area contributed by atoms with Gasteiger partial charge in [0.25, 0.3) is 0 Å². The van der Waals surface area contributed by atoms with E-state index in [2.05, 4.69) is 42.2 Å². The molecule has 1 N–H and O–H groups in total. The standard InChI is InChI=1S/C17H29N3O/c1-15(2)19-12-17(7-5-9-21-14-17)13-20(3)11-16-6-4-8-18-10-16/h4,6,8,10,15,19H,5,7,9,11-14H2,1-3H3. The van der Waals surface area contributed by atoms with Crippen LogP contribution in [0.3, 0.4) is 0 Å². The van der Waals surface area contributed by atoms with E-state index < -0.39 is 0 Å². The molecule has 0 bridgehead atoms. The first-order valence-electron chi connectivity index (χ1n) is 7.98. The number of pyridine rings is 1. The van der Waals surface area contributed by atoms with Gasteiger partial charge in [-0.25, -0.2) is 0 Å². The Bertz CT molecular complexity index is 402. The maximum absolute atomic E-state index is 5.79. The first-order valence-corrected chi connectivity index (χ1v) is 7.98. The Kier molecular flexibility index (Phi) is 6.15. The number of nitrogens with zero attached hydrogens (tertiary/aromatic N) is 2. The number of nitrogens with one attached hydrogen (secondary N) is 1. The van der Waals surface area contributed by atoms with E-state index in [1.54, 1.807) is 0 Å². The smallest absolute Gasteiger partial charge is 0.0546 e. The fourth-order valence-corrected chi connectivity index (χ4v) is 3.08. The topological polar surface area (TPSA) is 37.4 Å². The maximum atomic E-state index is 5.79. The summed E-state index contributed by atoms with van der Waals surface area (Å²) in [6.07, 6.45) is 6.18. The summed E-state index contributed by atoms with van der Waals surface area (Å²) in [5, 5.41) is 3.61. The third-order valence-electron chi connectivity index (χ3n) is 4.07. The minimum absolute atomic E-state index is 0.236. The number of aromatic nitrogens is 1. The Morgan fingerprint density at radius 1 is 1.48 bits per heavy atom. The average molecular weight is 291 g/mol. The molecule has 0 radical (unpaired) electrons. The molecule has 1 aromatic heterocycles. The van der Waals surface area contributed by atoms with Gasteiger partial charge in [-0.2, -0.15) is 0 Å². The van der Waals surface area contributed by atoms with Gasteiger partial charge in [0.15, 0.2) is 0 Å². The van der Waals surface area contributed by atoms with Gasteiger partial charge in [0.05, 0.1) is 6.61 Å². The molecule has 2 heterocycles. The molecule has 1 aromatic rings. The van der Waals surface area contributed by atoms with Crippen LogP contribution in [0.15, 0.2) is 24.5 Å². The lowest BCUT2D eigenvalue weighted by atomic mass is 9.81. The van der Waals surface area contributed by atoms with Crippen LogP contribution in [0.2, 0.25) is 0 Å². The fourth-order valence-electron chi connectivity index (χ4n) is 3.08. The van der Waals surface area contributed by atoms with Crippen molar-refractivity contribution in [1.29, 1.82) is 0 Å². The normalized spacial score (nSPS) is 22.9. The average Bonchev–Trinajstić information content (AvgIpc) is 2.47. The third kappa shape index (κ3) is 5.38. The van der Waals surface area contributed by atoms with Crippen LogP contribution in [0.25, 0.3) is 0 Å². The Morgan fingerprint density at radius 3 is 2.95 bits per heavy atom. The van der Waals surface area contributed by atoms with Crippen LogP contribution in [0.5, 0.6) is 0 Å². The molecule has 0 spiro atoms. The highest BCUT2D eigenvalue weighted by Gasteiger charge is 2.34. The first kappa shape index (κ1) is 16.4. The van der Waals surface area contributed by atoms with Crippen molar-refractivity contribution in [2.24, 2.45) is 5.41 Å². The number of ether oxygens (including phenoxy) is 1. The first-order chi connectivity index (χ1) is 10.1. The van der Waals surface area contributed by atoms with Crippen molar-refractivity contribution >= 4 is 0 Å². The highest BCUT2D eigenvalue weighted by Crippen LogP contribution is 2.29. The summed E-state index contributed by atoms with van der Waals surface area (Å²) in [6.45, 7) is 9.22. The molecular formula is C17H29N3O. The second kappa shape index (κ2) is 7.87. The van der Waals surface area contributed by atoms with Crippen LogP contribution in [0.1, 0.15) is 32.3 Å². The van der Waals surface area contributed by atoms with Crippen molar-refractivity contribution < 1.29 is 4.74 Å². The summed E-state index contributed by atoms with van der Waals surface area (Å²) in [4.78, 5) is 6.59. The van der Waals surface area contributed by atoms with Crippen molar-refractivity contribution in [3.05, 3.63) is 30.1 Å². The van der Waals surface area contributed by atoms with Gasteiger partial charge in [-0.15, -0.1) is 0 Å². The molecule has 21 heavy (non-hydrogen) atoms. The molecule has 1 unspecified atom stereocenters. The van der Waals surface area contributed by atoms with Crippen molar-refractivity contribution in [2.45, 2.75) is 39.3 Å². The minimum Gasteiger partial charge on any atom is -0.381 e. The van der Waals surface area contributed by atoms with Gasteiger partial charge in [0.2, 0.25) is 0 Å². The van der Waals surface area contributed by atoms with Crippen molar-refractivity contribution in [3.63, 3.8) is 0 Å². The summed E-state index contributed by atoms with van der Waals surface area (Å²) in [7, 11) is 2.19. The highest BCUT2D eigenvalue weighted by molar-refractivity contribution is 5.08. The lowest BCUT2D eigenvalue weighted by Gasteiger charge is -2.40. The minimum atomic E-state index is 0.236. The Morgan fingerprint density at radius 2 is 2.33 bits per heavy atom. The summed E-state index contributed by atoms with van der Waals surface area (Å²) in [5.74, 6) is 0. The van der Waals surface area contributed by atoms with E-state index in [1.165, 1.54) is 18.4 Å². The molecule has 4 heteroatoms. The van der Waals surface area contributed by atoms with Crippen LogP contribution >= 0.6 is 0 Å². The lowest BCUT2D eigenvalue weighted by molar-refractivity contribution is -0.0245. The molecule has 0 aromatic carbocycles. The number of hydrogen-bond donors (Lipinski definition) is 1. The zero-order valence-electron chi connectivity index (χ0n) is 13.6. The van der Waals surface area contributed by atoms with Crippen molar-refractivity contribution in [3.8, 4) is 0 Å².